The van der Waals surface area contributed by atoms with Crippen LogP contribution in [0.4, 0.5) is 0 Å². The van der Waals surface area contributed by atoms with Gasteiger partial charge in [-0.15, -0.1) is 0 Å². The number of nitrogens with one attached hydrogen (secondary N) is 1. The number of carbonyl (C=O) groups is 1. The van der Waals surface area contributed by atoms with Crippen LogP contribution in [0.25, 0.3) is 0 Å². The van der Waals surface area contributed by atoms with Gasteiger partial charge in [-0.05, 0) is 44.4 Å². The molecular formula is C23H40N2O3. The van der Waals surface area contributed by atoms with Crippen molar-refractivity contribution in [2.45, 2.75) is 70.5 Å². The lowest BCUT2D eigenvalue weighted by atomic mass is 9.88. The summed E-state index contributed by atoms with van der Waals surface area (Å²) in [7, 11) is 3.57. The fraction of sp³-hybridized carbons (Fsp3) is 0.783. The van der Waals surface area contributed by atoms with Crippen LogP contribution in [-0.4, -0.2) is 59.9 Å². The maximum atomic E-state index is 11.6. The van der Waals surface area contributed by atoms with Crippen molar-refractivity contribution in [2.75, 3.05) is 27.2 Å². The molecule has 0 saturated heterocycles. The Balaban J connectivity index is 1.78. The Morgan fingerprint density at radius 2 is 2.18 bits per heavy atom. The van der Waals surface area contributed by atoms with Crippen LogP contribution in [0, 0.1) is 17.8 Å². The Bertz CT molecular complexity index is 568. The van der Waals surface area contributed by atoms with Gasteiger partial charge in [0.2, 0.25) is 5.91 Å². The van der Waals surface area contributed by atoms with Crippen LogP contribution in [0.15, 0.2) is 23.8 Å². The smallest absolute Gasteiger partial charge is 0.223 e. The summed E-state index contributed by atoms with van der Waals surface area (Å²) in [5.41, 5.74) is 0.746. The highest BCUT2D eigenvalue weighted by molar-refractivity contribution is 5.75. The second-order valence-corrected chi connectivity index (χ2v) is 9.18. The Kier molecular flexibility index (Phi) is 8.72. The standard InChI is InChI=1S/C23H40N2O3/c1-5-6-10-23(2,28)11-7-8-19-20-14-17(13-18(20)15-21(19)26)16-24-12-9-22(27)25(3)4/h7-8,13,18-21,24,26,28H,5-6,9-12,14-16H2,1-4H3/t18-,19+,20-,21+,23-/m0/s1. The molecule has 160 valence electrons. The first kappa shape index (κ1) is 23.1. The molecule has 1 fully saturated rings. The maximum Gasteiger partial charge on any atom is 0.223 e. The van der Waals surface area contributed by atoms with Gasteiger partial charge in [0.15, 0.2) is 0 Å². The fourth-order valence-corrected chi connectivity index (χ4v) is 4.54. The number of amides is 1. The van der Waals surface area contributed by atoms with Gasteiger partial charge in [0, 0.05) is 39.5 Å². The first-order chi connectivity index (χ1) is 13.2. The topological polar surface area (TPSA) is 72.8 Å². The van der Waals surface area contributed by atoms with E-state index in [0.717, 1.165) is 38.6 Å². The van der Waals surface area contributed by atoms with Gasteiger partial charge < -0.3 is 20.4 Å². The predicted molar refractivity (Wildman–Crippen MR) is 114 cm³/mol. The average molecular weight is 393 g/mol. The second kappa shape index (κ2) is 10.6. The Morgan fingerprint density at radius 1 is 1.43 bits per heavy atom. The summed E-state index contributed by atoms with van der Waals surface area (Å²) in [6.45, 7) is 5.57. The number of hydrogen-bond donors (Lipinski definition) is 3. The van der Waals surface area contributed by atoms with Crippen LogP contribution in [0.3, 0.4) is 0 Å². The summed E-state index contributed by atoms with van der Waals surface area (Å²) in [6.07, 6.45) is 12.2. The van der Waals surface area contributed by atoms with Gasteiger partial charge in [-0.1, -0.05) is 43.6 Å². The minimum absolute atomic E-state index is 0.146. The van der Waals surface area contributed by atoms with E-state index >= 15 is 0 Å². The molecule has 0 aromatic carbocycles. The lowest BCUT2D eigenvalue weighted by Gasteiger charge is -2.22. The number of fused-ring (bicyclic) bond motifs is 1. The number of aliphatic hydroxyl groups is 2. The van der Waals surface area contributed by atoms with Gasteiger partial charge in [-0.2, -0.15) is 0 Å². The van der Waals surface area contributed by atoms with Crippen LogP contribution in [0.1, 0.15) is 58.8 Å². The zero-order valence-corrected chi connectivity index (χ0v) is 18.2. The van der Waals surface area contributed by atoms with Crippen LogP contribution in [0.2, 0.25) is 0 Å². The van der Waals surface area contributed by atoms with Gasteiger partial charge in [-0.25, -0.2) is 0 Å². The fourth-order valence-electron chi connectivity index (χ4n) is 4.54. The molecule has 0 aromatic rings. The van der Waals surface area contributed by atoms with Gasteiger partial charge in [-0.3, -0.25) is 4.79 Å². The van der Waals surface area contributed by atoms with Gasteiger partial charge >= 0.3 is 0 Å². The SMILES string of the molecule is CCCC[C@](C)(O)CC=C[C@@H]1[C@H]2CC(CNCCC(=O)N(C)C)=C[C@H]2C[C@H]1O. The molecule has 2 aliphatic rings. The van der Waals surface area contributed by atoms with E-state index in [9.17, 15) is 15.0 Å². The minimum Gasteiger partial charge on any atom is -0.392 e. The number of aliphatic hydroxyl groups excluding tert-OH is 1. The Labute approximate surface area is 170 Å². The maximum absolute atomic E-state index is 11.6. The average Bonchev–Trinajstić information content (AvgIpc) is 3.14. The molecule has 5 heteroatoms. The first-order valence-corrected chi connectivity index (χ1v) is 10.9. The largest absolute Gasteiger partial charge is 0.392 e. The highest BCUT2D eigenvalue weighted by Gasteiger charge is 2.43. The normalized spacial score (nSPS) is 29.0. The molecule has 3 N–H and O–H groups in total. The minimum atomic E-state index is -0.650. The summed E-state index contributed by atoms with van der Waals surface area (Å²) in [5, 5.41) is 24.3. The van der Waals surface area contributed by atoms with E-state index in [1.54, 1.807) is 19.0 Å². The first-order valence-electron chi connectivity index (χ1n) is 10.9. The van der Waals surface area contributed by atoms with Crippen LogP contribution < -0.4 is 5.32 Å². The van der Waals surface area contributed by atoms with Crippen molar-refractivity contribution in [2.24, 2.45) is 17.8 Å². The summed E-state index contributed by atoms with van der Waals surface area (Å²) in [5.74, 6) is 1.24. The molecule has 0 spiro atoms. The highest BCUT2D eigenvalue weighted by atomic mass is 16.3. The predicted octanol–water partition coefficient (Wildman–Crippen LogP) is 2.89. The molecule has 0 heterocycles. The number of carbonyl (C=O) groups excluding carboxylic acids is 1. The molecule has 0 aliphatic heterocycles. The van der Waals surface area contributed by atoms with E-state index in [2.05, 4.69) is 30.5 Å². The van der Waals surface area contributed by atoms with Crippen LogP contribution in [0.5, 0.6) is 0 Å². The van der Waals surface area contributed by atoms with Gasteiger partial charge in [0.1, 0.15) is 0 Å². The van der Waals surface area contributed by atoms with Crippen molar-refractivity contribution < 1.29 is 15.0 Å². The number of allylic oxidation sites excluding steroid dienone is 1. The number of unbranched alkanes of at least 4 members (excludes halogenated alkanes) is 1. The van der Waals surface area contributed by atoms with Crippen molar-refractivity contribution in [3.05, 3.63) is 23.8 Å². The van der Waals surface area contributed by atoms with Crippen molar-refractivity contribution >= 4 is 5.91 Å². The van der Waals surface area contributed by atoms with Gasteiger partial charge in [0.25, 0.3) is 0 Å². The third-order valence-corrected chi connectivity index (χ3v) is 6.30. The zero-order valence-electron chi connectivity index (χ0n) is 18.2. The molecule has 2 rings (SSSR count). The molecule has 0 aromatic heterocycles. The van der Waals surface area contributed by atoms with E-state index in [1.165, 1.54) is 5.57 Å². The number of rotatable bonds is 11. The van der Waals surface area contributed by atoms with Gasteiger partial charge in [0.05, 0.1) is 11.7 Å². The molecule has 1 amide bonds. The molecule has 0 unspecified atom stereocenters. The molecular weight excluding hydrogens is 352 g/mol. The van der Waals surface area contributed by atoms with E-state index in [0.29, 0.717) is 31.2 Å². The van der Waals surface area contributed by atoms with E-state index in [1.807, 2.05) is 6.92 Å². The molecule has 2 aliphatic carbocycles. The third-order valence-electron chi connectivity index (χ3n) is 6.30. The lowest BCUT2D eigenvalue weighted by Crippen LogP contribution is -2.27. The number of nitrogens with zero attached hydrogens (tertiary/aromatic N) is 1. The number of hydrogen-bond acceptors (Lipinski definition) is 4. The van der Waals surface area contributed by atoms with Crippen molar-refractivity contribution in [1.29, 1.82) is 0 Å². The quantitative estimate of drug-likeness (QED) is 0.373. The van der Waals surface area contributed by atoms with Crippen molar-refractivity contribution in [3.8, 4) is 0 Å². The van der Waals surface area contributed by atoms with Crippen LogP contribution >= 0.6 is 0 Å². The summed E-state index contributed by atoms with van der Waals surface area (Å²) >= 11 is 0. The molecule has 1 saturated carbocycles. The molecule has 0 radical (unpaired) electrons. The van der Waals surface area contributed by atoms with Crippen molar-refractivity contribution in [3.63, 3.8) is 0 Å². The summed E-state index contributed by atoms with van der Waals surface area (Å²) < 4.78 is 0. The summed E-state index contributed by atoms with van der Waals surface area (Å²) in [6, 6.07) is 0. The van der Waals surface area contributed by atoms with Crippen LogP contribution in [-0.2, 0) is 4.79 Å². The van der Waals surface area contributed by atoms with E-state index in [-0.39, 0.29) is 17.9 Å². The van der Waals surface area contributed by atoms with E-state index < -0.39 is 5.60 Å². The highest BCUT2D eigenvalue weighted by Crippen LogP contribution is 2.47. The summed E-state index contributed by atoms with van der Waals surface area (Å²) in [4.78, 5) is 13.2. The Morgan fingerprint density at radius 3 is 2.86 bits per heavy atom. The zero-order chi connectivity index (χ0) is 20.7. The lowest BCUT2D eigenvalue weighted by molar-refractivity contribution is -0.128. The molecule has 28 heavy (non-hydrogen) atoms. The second-order valence-electron chi connectivity index (χ2n) is 9.18. The monoisotopic (exact) mass is 392 g/mol. The van der Waals surface area contributed by atoms with E-state index in [4.69, 9.17) is 0 Å². The molecule has 0 bridgehead atoms. The molecule has 5 nitrogen and oxygen atoms in total. The third kappa shape index (κ3) is 6.71. The van der Waals surface area contributed by atoms with Crippen molar-refractivity contribution in [1.82, 2.24) is 10.2 Å². The molecule has 5 atom stereocenters. The Hall–Kier alpha value is -1.17.